The minimum atomic E-state index is -0.348. The van der Waals surface area contributed by atoms with Crippen LogP contribution in [0.25, 0.3) is 0 Å². The standard InChI is InChI=1S/C20H29N3O2/c1-5-9-20(4)10-6-11-23(13-20)18(24)8-7-16-14(2)17(12-21)19(25)22-15(16)3/h5-11,13H2,1-4H3,(H,22,25). The Balaban J connectivity index is 2.08. The van der Waals surface area contributed by atoms with E-state index in [0.29, 0.717) is 18.4 Å². The number of piperidine rings is 1. The van der Waals surface area contributed by atoms with E-state index in [9.17, 15) is 9.59 Å². The quantitative estimate of drug-likeness (QED) is 0.891. The van der Waals surface area contributed by atoms with Crippen molar-refractivity contribution in [2.24, 2.45) is 5.41 Å². The molecule has 1 aromatic rings. The Morgan fingerprint density at radius 2 is 2.12 bits per heavy atom. The van der Waals surface area contributed by atoms with Crippen molar-refractivity contribution in [2.75, 3.05) is 13.1 Å². The van der Waals surface area contributed by atoms with Gasteiger partial charge in [-0.15, -0.1) is 0 Å². The van der Waals surface area contributed by atoms with E-state index >= 15 is 0 Å². The molecule has 0 aromatic carbocycles. The molecule has 1 N–H and O–H groups in total. The van der Waals surface area contributed by atoms with Crippen LogP contribution < -0.4 is 5.56 Å². The minimum absolute atomic E-state index is 0.154. The molecule has 1 saturated heterocycles. The van der Waals surface area contributed by atoms with E-state index in [1.165, 1.54) is 6.42 Å². The molecule has 0 spiro atoms. The first-order valence-corrected chi connectivity index (χ1v) is 9.21. The van der Waals surface area contributed by atoms with Crippen molar-refractivity contribution >= 4 is 5.91 Å². The number of nitrogens with one attached hydrogen (secondary N) is 1. The summed E-state index contributed by atoms with van der Waals surface area (Å²) < 4.78 is 0. The highest BCUT2D eigenvalue weighted by Gasteiger charge is 2.32. The Hall–Kier alpha value is -2.09. The number of hydrogen-bond acceptors (Lipinski definition) is 3. The lowest BCUT2D eigenvalue weighted by molar-refractivity contribution is -0.134. The van der Waals surface area contributed by atoms with Crippen LogP contribution in [0.15, 0.2) is 4.79 Å². The van der Waals surface area contributed by atoms with Crippen LogP contribution in [0.1, 0.15) is 68.3 Å². The van der Waals surface area contributed by atoms with Gasteiger partial charge in [-0.1, -0.05) is 20.3 Å². The van der Waals surface area contributed by atoms with Crippen LogP contribution >= 0.6 is 0 Å². The van der Waals surface area contributed by atoms with E-state index in [4.69, 9.17) is 5.26 Å². The van der Waals surface area contributed by atoms with Crippen LogP contribution in [-0.2, 0) is 11.2 Å². The van der Waals surface area contributed by atoms with Crippen LogP contribution in [0.3, 0.4) is 0 Å². The van der Waals surface area contributed by atoms with Gasteiger partial charge in [0.15, 0.2) is 0 Å². The molecule has 2 rings (SSSR count). The first-order chi connectivity index (χ1) is 11.8. The second-order valence-corrected chi connectivity index (χ2v) is 7.65. The second kappa shape index (κ2) is 7.86. The summed E-state index contributed by atoms with van der Waals surface area (Å²) in [4.78, 5) is 29.2. The third-order valence-corrected chi connectivity index (χ3v) is 5.50. The molecule has 1 fully saturated rings. The molecule has 1 amide bonds. The van der Waals surface area contributed by atoms with Gasteiger partial charge in [-0.05, 0) is 56.1 Å². The molecule has 0 bridgehead atoms. The van der Waals surface area contributed by atoms with Crippen LogP contribution in [0.2, 0.25) is 0 Å². The number of nitriles is 1. The number of carbonyl (C=O) groups is 1. The van der Waals surface area contributed by atoms with Gasteiger partial charge >= 0.3 is 0 Å². The first-order valence-electron chi connectivity index (χ1n) is 9.21. The normalized spacial score (nSPS) is 20.4. The Bertz CT molecular complexity index is 741. The predicted molar refractivity (Wildman–Crippen MR) is 98.4 cm³/mol. The summed E-state index contributed by atoms with van der Waals surface area (Å²) in [6.07, 6.45) is 5.53. The Labute approximate surface area is 150 Å². The van der Waals surface area contributed by atoms with Crippen molar-refractivity contribution in [1.82, 2.24) is 9.88 Å². The fourth-order valence-corrected chi connectivity index (χ4v) is 4.15. The van der Waals surface area contributed by atoms with Gasteiger partial charge in [0, 0.05) is 25.2 Å². The number of hydrogen-bond donors (Lipinski definition) is 1. The number of pyridine rings is 1. The van der Waals surface area contributed by atoms with Gasteiger partial charge in [-0.2, -0.15) is 5.26 Å². The van der Waals surface area contributed by atoms with Gasteiger partial charge in [0.05, 0.1) is 0 Å². The summed E-state index contributed by atoms with van der Waals surface area (Å²) in [5.41, 5.74) is 2.41. The molecule has 0 radical (unpaired) electrons. The number of nitrogens with zero attached hydrogens (tertiary/aromatic N) is 2. The molecule has 1 aromatic heterocycles. The minimum Gasteiger partial charge on any atom is -0.342 e. The highest BCUT2D eigenvalue weighted by Crippen LogP contribution is 2.34. The predicted octanol–water partition coefficient (Wildman–Crippen LogP) is 3.22. The van der Waals surface area contributed by atoms with Crippen molar-refractivity contribution < 1.29 is 4.79 Å². The summed E-state index contributed by atoms with van der Waals surface area (Å²) >= 11 is 0. The molecule has 0 saturated carbocycles. The summed E-state index contributed by atoms with van der Waals surface area (Å²) in [6.45, 7) is 9.78. The molecule has 0 aliphatic carbocycles. The van der Waals surface area contributed by atoms with Gasteiger partial charge in [0.1, 0.15) is 11.6 Å². The molecule has 1 aliphatic heterocycles. The topological polar surface area (TPSA) is 77.0 Å². The van der Waals surface area contributed by atoms with Gasteiger partial charge in [0.2, 0.25) is 5.91 Å². The van der Waals surface area contributed by atoms with Gasteiger partial charge in [-0.25, -0.2) is 0 Å². The third-order valence-electron chi connectivity index (χ3n) is 5.50. The van der Waals surface area contributed by atoms with E-state index in [-0.39, 0.29) is 22.4 Å². The van der Waals surface area contributed by atoms with E-state index < -0.39 is 0 Å². The molecule has 5 nitrogen and oxygen atoms in total. The fraction of sp³-hybridized carbons (Fsp3) is 0.650. The lowest BCUT2D eigenvalue weighted by atomic mass is 9.78. The van der Waals surface area contributed by atoms with Crippen molar-refractivity contribution in [3.05, 3.63) is 32.7 Å². The largest absolute Gasteiger partial charge is 0.342 e. The number of aryl methyl sites for hydroxylation is 1. The Morgan fingerprint density at radius 3 is 2.76 bits per heavy atom. The molecule has 136 valence electrons. The number of H-pyrrole nitrogens is 1. The molecule has 5 heteroatoms. The molecule has 2 heterocycles. The van der Waals surface area contributed by atoms with Crippen molar-refractivity contribution in [3.8, 4) is 6.07 Å². The van der Waals surface area contributed by atoms with Gasteiger partial charge in [-0.3, -0.25) is 9.59 Å². The number of amides is 1. The zero-order chi connectivity index (χ0) is 18.6. The lowest BCUT2D eigenvalue weighted by Crippen LogP contribution is -2.44. The van der Waals surface area contributed by atoms with Crippen molar-refractivity contribution in [1.29, 1.82) is 5.26 Å². The zero-order valence-corrected chi connectivity index (χ0v) is 15.9. The monoisotopic (exact) mass is 343 g/mol. The van der Waals surface area contributed by atoms with Crippen LogP contribution in [0.5, 0.6) is 0 Å². The molecule has 25 heavy (non-hydrogen) atoms. The third kappa shape index (κ3) is 4.31. The average Bonchev–Trinajstić information content (AvgIpc) is 2.54. The number of aromatic amines is 1. The van der Waals surface area contributed by atoms with E-state index in [1.807, 2.05) is 17.9 Å². The fourth-order valence-electron chi connectivity index (χ4n) is 4.15. The van der Waals surface area contributed by atoms with Crippen LogP contribution in [0.4, 0.5) is 0 Å². The molecule has 1 aliphatic rings. The summed E-state index contributed by atoms with van der Waals surface area (Å²) in [6, 6.07) is 1.97. The molecule has 1 atom stereocenters. The highest BCUT2D eigenvalue weighted by atomic mass is 16.2. The zero-order valence-electron chi connectivity index (χ0n) is 15.9. The van der Waals surface area contributed by atoms with E-state index in [1.54, 1.807) is 6.92 Å². The smallest absolute Gasteiger partial charge is 0.266 e. The van der Waals surface area contributed by atoms with Crippen molar-refractivity contribution in [2.45, 2.75) is 66.2 Å². The SMILES string of the molecule is CCCC1(C)CCCN(C(=O)CCc2c(C)[nH]c(=O)c(C#N)c2C)C1. The highest BCUT2D eigenvalue weighted by molar-refractivity contribution is 5.76. The maximum atomic E-state index is 12.7. The first kappa shape index (κ1) is 19.2. The number of likely N-dealkylation sites (tertiary alicyclic amines) is 1. The molecule has 1 unspecified atom stereocenters. The summed E-state index contributed by atoms with van der Waals surface area (Å²) in [5.74, 6) is 0.172. The second-order valence-electron chi connectivity index (χ2n) is 7.65. The Morgan fingerprint density at radius 1 is 1.40 bits per heavy atom. The maximum Gasteiger partial charge on any atom is 0.266 e. The number of carbonyl (C=O) groups excluding carboxylic acids is 1. The number of aromatic nitrogens is 1. The van der Waals surface area contributed by atoms with E-state index in [0.717, 1.165) is 43.6 Å². The lowest BCUT2D eigenvalue weighted by Gasteiger charge is -2.40. The maximum absolute atomic E-state index is 12.7. The van der Waals surface area contributed by atoms with Gasteiger partial charge < -0.3 is 9.88 Å². The average molecular weight is 343 g/mol. The van der Waals surface area contributed by atoms with Crippen molar-refractivity contribution in [3.63, 3.8) is 0 Å². The van der Waals surface area contributed by atoms with Crippen LogP contribution in [-0.4, -0.2) is 28.9 Å². The Kier molecular flexibility index (Phi) is 6.05. The summed E-state index contributed by atoms with van der Waals surface area (Å²) in [5, 5.41) is 9.16. The van der Waals surface area contributed by atoms with Gasteiger partial charge in [0.25, 0.3) is 5.56 Å². The molecular weight excluding hydrogens is 314 g/mol. The molecular formula is C20H29N3O2. The summed E-state index contributed by atoms with van der Waals surface area (Å²) in [7, 11) is 0. The number of rotatable bonds is 5. The van der Waals surface area contributed by atoms with E-state index in [2.05, 4.69) is 18.8 Å². The van der Waals surface area contributed by atoms with Crippen LogP contribution in [0, 0.1) is 30.6 Å².